The third-order valence-corrected chi connectivity index (χ3v) is 4.90. The van der Waals surface area contributed by atoms with E-state index < -0.39 is 0 Å². The van der Waals surface area contributed by atoms with Crippen LogP contribution in [-0.2, 0) is 18.3 Å². The molecule has 1 saturated heterocycles. The minimum Gasteiger partial charge on any atom is -0.327 e. The first kappa shape index (κ1) is 17.9. The highest BCUT2D eigenvalue weighted by atomic mass is 16.2. The number of carbonyl (C=O) groups is 2. The fourth-order valence-electron chi connectivity index (χ4n) is 3.50. The Balaban J connectivity index is 1.83. The van der Waals surface area contributed by atoms with Gasteiger partial charge in [-0.1, -0.05) is 25.1 Å². The quantitative estimate of drug-likeness (QED) is 0.844. The Labute approximate surface area is 152 Å². The van der Waals surface area contributed by atoms with Crippen LogP contribution in [0.3, 0.4) is 0 Å². The van der Waals surface area contributed by atoms with Crippen molar-refractivity contribution in [2.45, 2.75) is 20.3 Å². The number of pyridine rings is 1. The number of aromatic nitrogens is 1. The van der Waals surface area contributed by atoms with Crippen molar-refractivity contribution in [1.29, 1.82) is 0 Å². The molecule has 26 heavy (non-hydrogen) atoms. The average molecular weight is 353 g/mol. The van der Waals surface area contributed by atoms with Gasteiger partial charge in [-0.3, -0.25) is 14.4 Å². The normalized spacial score (nSPS) is 14.7. The Morgan fingerprint density at radius 3 is 2.42 bits per heavy atom. The van der Waals surface area contributed by atoms with Crippen molar-refractivity contribution in [3.05, 3.63) is 63.6 Å². The van der Waals surface area contributed by atoms with E-state index in [1.807, 2.05) is 44.2 Å². The van der Waals surface area contributed by atoms with Crippen LogP contribution in [0.2, 0.25) is 0 Å². The SMILES string of the molecule is CCc1c(C)cc(C(=O)N2CCN(c3ccccc3)C(=O)C2)c(=O)n1C. The molecule has 6 nitrogen and oxygen atoms in total. The number of carbonyl (C=O) groups excluding carboxylic acids is 2. The second kappa shape index (κ2) is 7.15. The molecule has 1 aliphatic heterocycles. The van der Waals surface area contributed by atoms with E-state index in [1.165, 1.54) is 9.47 Å². The van der Waals surface area contributed by atoms with Gasteiger partial charge in [0.2, 0.25) is 5.91 Å². The molecule has 0 aliphatic carbocycles. The van der Waals surface area contributed by atoms with Gasteiger partial charge in [-0.05, 0) is 37.1 Å². The number of hydrogen-bond donors (Lipinski definition) is 0. The smallest absolute Gasteiger partial charge is 0.263 e. The zero-order chi connectivity index (χ0) is 18.8. The fourth-order valence-corrected chi connectivity index (χ4v) is 3.50. The molecule has 3 rings (SSSR count). The van der Waals surface area contributed by atoms with Gasteiger partial charge in [-0.2, -0.15) is 0 Å². The van der Waals surface area contributed by atoms with E-state index in [0.29, 0.717) is 13.1 Å². The summed E-state index contributed by atoms with van der Waals surface area (Å²) in [7, 11) is 1.68. The molecule has 2 aromatic rings. The van der Waals surface area contributed by atoms with Gasteiger partial charge in [-0.15, -0.1) is 0 Å². The summed E-state index contributed by atoms with van der Waals surface area (Å²) in [6.07, 6.45) is 0.722. The van der Waals surface area contributed by atoms with Crippen LogP contribution in [0.25, 0.3) is 0 Å². The van der Waals surface area contributed by atoms with E-state index in [9.17, 15) is 14.4 Å². The lowest BCUT2D eigenvalue weighted by Gasteiger charge is -2.34. The van der Waals surface area contributed by atoms with Gasteiger partial charge in [0.05, 0.1) is 0 Å². The third-order valence-electron chi connectivity index (χ3n) is 4.90. The molecule has 1 aromatic heterocycles. The lowest BCUT2D eigenvalue weighted by molar-refractivity contribution is -0.120. The number of piperazine rings is 1. The van der Waals surface area contributed by atoms with Crippen LogP contribution >= 0.6 is 0 Å². The minimum absolute atomic E-state index is 0.0224. The molecule has 136 valence electrons. The second-order valence-electron chi connectivity index (χ2n) is 6.51. The predicted octanol–water partition coefficient (Wildman–Crippen LogP) is 1.75. The molecule has 0 unspecified atom stereocenters. The summed E-state index contributed by atoms with van der Waals surface area (Å²) in [4.78, 5) is 41.1. The van der Waals surface area contributed by atoms with Gasteiger partial charge < -0.3 is 14.4 Å². The highest BCUT2D eigenvalue weighted by molar-refractivity contribution is 6.01. The Morgan fingerprint density at radius 2 is 1.81 bits per heavy atom. The Kier molecular flexibility index (Phi) is 4.93. The standard InChI is InChI=1S/C20H23N3O3/c1-4-17-14(2)12-16(19(25)21(17)3)20(26)22-10-11-23(18(24)13-22)15-8-6-5-7-9-15/h5-9,12H,4,10-11,13H2,1-3H3. The largest absolute Gasteiger partial charge is 0.327 e. The van der Waals surface area contributed by atoms with Crippen molar-refractivity contribution in [2.24, 2.45) is 7.05 Å². The summed E-state index contributed by atoms with van der Waals surface area (Å²) in [5.41, 5.74) is 2.46. The van der Waals surface area contributed by atoms with Gasteiger partial charge in [0, 0.05) is 31.5 Å². The summed E-state index contributed by atoms with van der Waals surface area (Å²) in [5.74, 6) is -0.521. The van der Waals surface area contributed by atoms with Crippen molar-refractivity contribution >= 4 is 17.5 Å². The molecule has 0 N–H and O–H groups in total. The van der Waals surface area contributed by atoms with E-state index in [2.05, 4.69) is 0 Å². The van der Waals surface area contributed by atoms with Gasteiger partial charge in [0.15, 0.2) is 0 Å². The van der Waals surface area contributed by atoms with Crippen molar-refractivity contribution < 1.29 is 9.59 Å². The van der Waals surface area contributed by atoms with Crippen LogP contribution in [0.5, 0.6) is 0 Å². The summed E-state index contributed by atoms with van der Waals surface area (Å²) >= 11 is 0. The van der Waals surface area contributed by atoms with E-state index in [0.717, 1.165) is 23.4 Å². The number of amides is 2. The highest BCUT2D eigenvalue weighted by Gasteiger charge is 2.30. The molecule has 2 amide bonds. The van der Waals surface area contributed by atoms with Crippen molar-refractivity contribution in [3.8, 4) is 0 Å². The molecule has 6 heteroatoms. The summed E-state index contributed by atoms with van der Waals surface area (Å²) < 4.78 is 1.53. The molecule has 1 fully saturated rings. The van der Waals surface area contributed by atoms with Crippen molar-refractivity contribution in [1.82, 2.24) is 9.47 Å². The van der Waals surface area contributed by atoms with E-state index in [-0.39, 0.29) is 29.5 Å². The number of para-hydroxylation sites is 1. The number of aryl methyl sites for hydroxylation is 1. The summed E-state index contributed by atoms with van der Waals surface area (Å²) in [6.45, 7) is 4.67. The average Bonchev–Trinajstić information content (AvgIpc) is 2.65. The van der Waals surface area contributed by atoms with Gasteiger partial charge in [-0.25, -0.2) is 0 Å². The van der Waals surface area contributed by atoms with E-state index in [4.69, 9.17) is 0 Å². The zero-order valence-corrected chi connectivity index (χ0v) is 15.4. The monoisotopic (exact) mass is 353 g/mol. The molecule has 2 heterocycles. The number of nitrogens with zero attached hydrogens (tertiary/aromatic N) is 3. The third kappa shape index (κ3) is 3.14. The lowest BCUT2D eigenvalue weighted by Crippen LogP contribution is -2.53. The van der Waals surface area contributed by atoms with Crippen LogP contribution in [0.4, 0.5) is 5.69 Å². The first-order valence-electron chi connectivity index (χ1n) is 8.78. The van der Waals surface area contributed by atoms with Crippen molar-refractivity contribution in [2.75, 3.05) is 24.5 Å². The number of hydrogen-bond acceptors (Lipinski definition) is 3. The van der Waals surface area contributed by atoms with E-state index in [1.54, 1.807) is 18.0 Å². The van der Waals surface area contributed by atoms with E-state index >= 15 is 0 Å². The maximum atomic E-state index is 12.9. The Bertz CT molecular complexity index is 903. The number of benzene rings is 1. The van der Waals surface area contributed by atoms with Crippen LogP contribution in [-0.4, -0.2) is 40.9 Å². The molecule has 1 aliphatic rings. The maximum Gasteiger partial charge on any atom is 0.263 e. The van der Waals surface area contributed by atoms with Crippen LogP contribution in [0, 0.1) is 6.92 Å². The first-order chi connectivity index (χ1) is 12.4. The predicted molar refractivity (Wildman–Crippen MR) is 100 cm³/mol. The lowest BCUT2D eigenvalue weighted by atomic mass is 10.1. The number of rotatable bonds is 3. The Morgan fingerprint density at radius 1 is 1.12 bits per heavy atom. The van der Waals surface area contributed by atoms with Crippen molar-refractivity contribution in [3.63, 3.8) is 0 Å². The molecule has 1 aromatic carbocycles. The summed E-state index contributed by atoms with van der Waals surface area (Å²) in [6, 6.07) is 11.0. The molecule has 0 radical (unpaired) electrons. The van der Waals surface area contributed by atoms with Gasteiger partial charge >= 0.3 is 0 Å². The molecular weight excluding hydrogens is 330 g/mol. The molecular formula is C20H23N3O3. The minimum atomic E-state index is -0.377. The van der Waals surface area contributed by atoms with Crippen LogP contribution in [0.1, 0.15) is 28.5 Å². The molecule has 0 atom stereocenters. The zero-order valence-electron chi connectivity index (χ0n) is 15.4. The topological polar surface area (TPSA) is 62.6 Å². The molecule has 0 spiro atoms. The first-order valence-corrected chi connectivity index (χ1v) is 8.78. The second-order valence-corrected chi connectivity index (χ2v) is 6.51. The van der Waals surface area contributed by atoms with Crippen LogP contribution in [0.15, 0.2) is 41.2 Å². The number of anilines is 1. The Hall–Kier alpha value is -2.89. The highest BCUT2D eigenvalue weighted by Crippen LogP contribution is 2.18. The van der Waals surface area contributed by atoms with Gasteiger partial charge in [0.1, 0.15) is 12.1 Å². The molecule has 0 bridgehead atoms. The molecule has 0 saturated carbocycles. The fraction of sp³-hybridized carbons (Fsp3) is 0.350. The summed E-state index contributed by atoms with van der Waals surface area (Å²) in [5, 5.41) is 0. The van der Waals surface area contributed by atoms with Crippen LogP contribution < -0.4 is 10.5 Å². The maximum absolute atomic E-state index is 12.9. The van der Waals surface area contributed by atoms with Gasteiger partial charge in [0.25, 0.3) is 11.5 Å².